The molecule has 1 aromatic carbocycles. The number of benzene rings is 1. The second-order valence-electron chi connectivity index (χ2n) is 6.77. The number of hydrogen-bond acceptors (Lipinski definition) is 5. The van der Waals surface area contributed by atoms with Crippen molar-refractivity contribution in [3.8, 4) is 11.3 Å². The number of carbonyl (C=O) groups excluding carboxylic acids is 2. The molecule has 3 aromatic rings. The molecule has 0 fully saturated rings. The standard InChI is InChI=1S/C23H26N6O2/c1-3-26-21-19(22(30)24-2)10-11-20(29-21)17-6-8-18(9-7-17)28-23(31)27-14-12-16-5-4-13-25-15-16/h4-11,13,15H,3,12,14H2,1-2H3,(H,24,30)(H,26,29)(H2,27,28,31). The van der Waals surface area contributed by atoms with Crippen LogP contribution in [0.25, 0.3) is 11.3 Å². The van der Waals surface area contributed by atoms with Gasteiger partial charge in [-0.3, -0.25) is 9.78 Å². The minimum absolute atomic E-state index is 0.191. The summed E-state index contributed by atoms with van der Waals surface area (Å²) in [6, 6.07) is 14.5. The Balaban J connectivity index is 1.61. The van der Waals surface area contributed by atoms with Crippen molar-refractivity contribution in [3.63, 3.8) is 0 Å². The van der Waals surface area contributed by atoms with Gasteiger partial charge in [-0.15, -0.1) is 0 Å². The summed E-state index contributed by atoms with van der Waals surface area (Å²) in [4.78, 5) is 32.8. The van der Waals surface area contributed by atoms with Crippen LogP contribution in [0, 0.1) is 0 Å². The maximum absolute atomic E-state index is 12.1. The molecule has 0 radical (unpaired) electrons. The van der Waals surface area contributed by atoms with E-state index in [1.54, 1.807) is 31.6 Å². The van der Waals surface area contributed by atoms with Crippen LogP contribution in [0.1, 0.15) is 22.8 Å². The van der Waals surface area contributed by atoms with Gasteiger partial charge in [-0.05, 0) is 49.2 Å². The second kappa shape index (κ2) is 10.7. The predicted octanol–water partition coefficient (Wildman–Crippen LogP) is 3.30. The molecule has 0 bridgehead atoms. The van der Waals surface area contributed by atoms with E-state index >= 15 is 0 Å². The Morgan fingerprint density at radius 3 is 2.52 bits per heavy atom. The van der Waals surface area contributed by atoms with E-state index in [1.807, 2.05) is 43.3 Å². The van der Waals surface area contributed by atoms with E-state index < -0.39 is 0 Å². The van der Waals surface area contributed by atoms with Crippen LogP contribution >= 0.6 is 0 Å². The number of aromatic nitrogens is 2. The molecular formula is C23H26N6O2. The molecule has 3 amide bonds. The molecule has 160 valence electrons. The average molecular weight is 419 g/mol. The minimum Gasteiger partial charge on any atom is -0.370 e. The van der Waals surface area contributed by atoms with Gasteiger partial charge >= 0.3 is 6.03 Å². The zero-order valence-corrected chi connectivity index (χ0v) is 17.6. The lowest BCUT2D eigenvalue weighted by atomic mass is 10.1. The highest BCUT2D eigenvalue weighted by molar-refractivity contribution is 5.99. The first kappa shape index (κ1) is 21.8. The Labute approximate surface area is 181 Å². The fraction of sp³-hybridized carbons (Fsp3) is 0.217. The Hall–Kier alpha value is -3.94. The average Bonchev–Trinajstić information content (AvgIpc) is 2.80. The Bertz CT molecular complexity index is 1020. The van der Waals surface area contributed by atoms with E-state index in [-0.39, 0.29) is 11.9 Å². The van der Waals surface area contributed by atoms with Crippen LogP contribution in [0.2, 0.25) is 0 Å². The first-order valence-electron chi connectivity index (χ1n) is 10.1. The van der Waals surface area contributed by atoms with Gasteiger partial charge in [0.2, 0.25) is 0 Å². The molecule has 0 saturated carbocycles. The molecule has 2 heterocycles. The van der Waals surface area contributed by atoms with Crippen LogP contribution in [0.3, 0.4) is 0 Å². The van der Waals surface area contributed by atoms with Crippen molar-refractivity contribution in [1.29, 1.82) is 0 Å². The Kier molecular flexibility index (Phi) is 7.53. The lowest BCUT2D eigenvalue weighted by Crippen LogP contribution is -2.30. The highest BCUT2D eigenvalue weighted by Gasteiger charge is 2.13. The predicted molar refractivity (Wildman–Crippen MR) is 122 cm³/mol. The molecule has 2 aromatic heterocycles. The van der Waals surface area contributed by atoms with Crippen molar-refractivity contribution in [2.24, 2.45) is 0 Å². The molecule has 0 atom stereocenters. The van der Waals surface area contributed by atoms with Gasteiger partial charge in [-0.25, -0.2) is 9.78 Å². The van der Waals surface area contributed by atoms with Gasteiger partial charge in [-0.1, -0.05) is 18.2 Å². The number of hydrogen-bond donors (Lipinski definition) is 4. The van der Waals surface area contributed by atoms with E-state index in [4.69, 9.17) is 0 Å². The number of nitrogens with zero attached hydrogens (tertiary/aromatic N) is 2. The summed E-state index contributed by atoms with van der Waals surface area (Å²) in [5.74, 6) is 0.346. The Morgan fingerprint density at radius 2 is 1.84 bits per heavy atom. The molecule has 0 aliphatic carbocycles. The number of anilines is 2. The van der Waals surface area contributed by atoms with Gasteiger partial charge in [0, 0.05) is 43.8 Å². The molecule has 3 rings (SSSR count). The van der Waals surface area contributed by atoms with Crippen LogP contribution in [0.15, 0.2) is 60.9 Å². The molecule has 0 spiro atoms. The van der Waals surface area contributed by atoms with Crippen molar-refractivity contribution in [1.82, 2.24) is 20.6 Å². The lowest BCUT2D eigenvalue weighted by molar-refractivity contribution is 0.0963. The van der Waals surface area contributed by atoms with Gasteiger partial charge in [-0.2, -0.15) is 0 Å². The van der Waals surface area contributed by atoms with Crippen molar-refractivity contribution < 1.29 is 9.59 Å². The summed E-state index contributed by atoms with van der Waals surface area (Å²) in [5.41, 5.74) is 3.85. The monoisotopic (exact) mass is 418 g/mol. The van der Waals surface area contributed by atoms with Crippen molar-refractivity contribution in [2.75, 3.05) is 30.8 Å². The van der Waals surface area contributed by atoms with E-state index in [0.717, 1.165) is 16.8 Å². The summed E-state index contributed by atoms with van der Waals surface area (Å²) in [6.45, 7) is 3.12. The van der Waals surface area contributed by atoms with E-state index in [1.165, 1.54) is 0 Å². The van der Waals surface area contributed by atoms with Crippen LogP contribution in [0.4, 0.5) is 16.3 Å². The number of carbonyl (C=O) groups is 2. The van der Waals surface area contributed by atoms with Gasteiger partial charge in [0.1, 0.15) is 5.82 Å². The molecule has 8 nitrogen and oxygen atoms in total. The second-order valence-corrected chi connectivity index (χ2v) is 6.77. The van der Waals surface area contributed by atoms with Crippen molar-refractivity contribution in [3.05, 3.63) is 72.1 Å². The highest BCUT2D eigenvalue weighted by Crippen LogP contribution is 2.23. The molecule has 0 unspecified atom stereocenters. The number of nitrogens with one attached hydrogen (secondary N) is 4. The SMILES string of the molecule is CCNc1nc(-c2ccc(NC(=O)NCCc3cccnc3)cc2)ccc1C(=O)NC. The summed E-state index contributed by atoms with van der Waals surface area (Å²) >= 11 is 0. The van der Waals surface area contributed by atoms with Crippen LogP contribution in [-0.4, -0.2) is 42.0 Å². The van der Waals surface area contributed by atoms with E-state index in [9.17, 15) is 9.59 Å². The normalized spacial score (nSPS) is 10.3. The van der Waals surface area contributed by atoms with Gasteiger partial charge in [0.25, 0.3) is 5.91 Å². The third kappa shape index (κ3) is 6.02. The molecule has 0 aliphatic heterocycles. The summed E-state index contributed by atoms with van der Waals surface area (Å²) < 4.78 is 0. The summed E-state index contributed by atoms with van der Waals surface area (Å²) in [7, 11) is 1.59. The smallest absolute Gasteiger partial charge is 0.319 e. The van der Waals surface area contributed by atoms with Crippen LogP contribution in [-0.2, 0) is 6.42 Å². The minimum atomic E-state index is -0.265. The maximum Gasteiger partial charge on any atom is 0.319 e. The van der Waals surface area contributed by atoms with Crippen LogP contribution in [0.5, 0.6) is 0 Å². The quantitative estimate of drug-likeness (QED) is 0.449. The number of urea groups is 1. The van der Waals surface area contributed by atoms with Crippen molar-refractivity contribution >= 4 is 23.4 Å². The molecule has 0 saturated heterocycles. The molecule has 31 heavy (non-hydrogen) atoms. The van der Waals surface area contributed by atoms with E-state index in [0.29, 0.717) is 36.6 Å². The maximum atomic E-state index is 12.1. The third-order valence-electron chi connectivity index (χ3n) is 4.57. The van der Waals surface area contributed by atoms with Gasteiger partial charge in [0.15, 0.2) is 0 Å². The largest absolute Gasteiger partial charge is 0.370 e. The number of amides is 3. The topological polar surface area (TPSA) is 108 Å². The fourth-order valence-corrected chi connectivity index (χ4v) is 3.01. The zero-order chi connectivity index (χ0) is 22.1. The first-order chi connectivity index (χ1) is 15.1. The van der Waals surface area contributed by atoms with Gasteiger partial charge < -0.3 is 21.3 Å². The number of pyridine rings is 2. The van der Waals surface area contributed by atoms with E-state index in [2.05, 4.69) is 31.2 Å². The summed E-state index contributed by atoms with van der Waals surface area (Å²) in [5, 5.41) is 11.4. The molecular weight excluding hydrogens is 392 g/mol. The first-order valence-corrected chi connectivity index (χ1v) is 10.1. The highest BCUT2D eigenvalue weighted by atomic mass is 16.2. The molecule has 0 aliphatic rings. The Morgan fingerprint density at radius 1 is 1.03 bits per heavy atom. The fourth-order valence-electron chi connectivity index (χ4n) is 3.01. The lowest BCUT2D eigenvalue weighted by Gasteiger charge is -2.12. The number of rotatable bonds is 8. The molecule has 4 N–H and O–H groups in total. The third-order valence-corrected chi connectivity index (χ3v) is 4.57. The summed E-state index contributed by atoms with van der Waals surface area (Å²) in [6.07, 6.45) is 4.22. The molecule has 8 heteroatoms. The van der Waals surface area contributed by atoms with Gasteiger partial charge in [0.05, 0.1) is 11.3 Å². The van der Waals surface area contributed by atoms with Crippen LogP contribution < -0.4 is 21.3 Å². The van der Waals surface area contributed by atoms with Crippen molar-refractivity contribution in [2.45, 2.75) is 13.3 Å². The zero-order valence-electron chi connectivity index (χ0n) is 17.6.